The molecule has 2 heterocycles. The first-order valence-electron chi connectivity index (χ1n) is 4.90. The van der Waals surface area contributed by atoms with Crippen LogP contribution in [-0.2, 0) is 6.42 Å². The van der Waals surface area contributed by atoms with Gasteiger partial charge in [-0.25, -0.2) is 4.98 Å². The van der Waals surface area contributed by atoms with Gasteiger partial charge in [-0.3, -0.25) is 0 Å². The number of thiazole rings is 1. The first-order valence-corrected chi connectivity index (χ1v) is 5.78. The number of likely N-dealkylation sites (tertiary alicyclic amines) is 1. The molecule has 0 radical (unpaired) electrons. The van der Waals surface area contributed by atoms with Crippen molar-refractivity contribution < 1.29 is 5.11 Å². The molecule has 0 amide bonds. The maximum atomic E-state index is 10.3. The highest BCUT2D eigenvalue weighted by molar-refractivity contribution is 7.09. The Kier molecular flexibility index (Phi) is 2.60. The normalized spacial score (nSPS) is 33.8. The van der Waals surface area contributed by atoms with E-state index in [9.17, 15) is 5.11 Å². The quantitative estimate of drug-likeness (QED) is 0.798. The molecule has 78 valence electrons. The Morgan fingerprint density at radius 2 is 2.57 bits per heavy atom. The fourth-order valence-electron chi connectivity index (χ4n) is 2.14. The van der Waals surface area contributed by atoms with Gasteiger partial charge in [0.05, 0.1) is 10.6 Å². The van der Waals surface area contributed by atoms with Gasteiger partial charge in [0.2, 0.25) is 0 Å². The molecule has 0 bridgehead atoms. The van der Waals surface area contributed by atoms with E-state index in [2.05, 4.69) is 23.9 Å². The lowest BCUT2D eigenvalue weighted by Crippen LogP contribution is -2.34. The summed E-state index contributed by atoms with van der Waals surface area (Å²) >= 11 is 1.62. The third-order valence-corrected chi connectivity index (χ3v) is 3.71. The van der Waals surface area contributed by atoms with Gasteiger partial charge in [-0.15, -0.1) is 11.3 Å². The summed E-state index contributed by atoms with van der Waals surface area (Å²) in [6.45, 7) is 2.91. The third kappa shape index (κ3) is 1.97. The summed E-state index contributed by atoms with van der Waals surface area (Å²) in [5.74, 6) is 0. The summed E-state index contributed by atoms with van der Waals surface area (Å²) < 4.78 is 0. The van der Waals surface area contributed by atoms with Crippen LogP contribution >= 0.6 is 11.3 Å². The van der Waals surface area contributed by atoms with Crippen LogP contribution in [0.2, 0.25) is 0 Å². The smallest absolute Gasteiger partial charge is 0.0954 e. The topological polar surface area (TPSA) is 36.4 Å². The van der Waals surface area contributed by atoms with Gasteiger partial charge < -0.3 is 10.0 Å². The van der Waals surface area contributed by atoms with Crippen molar-refractivity contribution >= 4 is 11.3 Å². The van der Waals surface area contributed by atoms with Crippen molar-refractivity contribution in [2.24, 2.45) is 0 Å². The van der Waals surface area contributed by atoms with Crippen LogP contribution < -0.4 is 0 Å². The van der Waals surface area contributed by atoms with Crippen molar-refractivity contribution in [3.05, 3.63) is 16.6 Å². The molecule has 2 unspecified atom stereocenters. The van der Waals surface area contributed by atoms with Crippen molar-refractivity contribution in [1.29, 1.82) is 0 Å². The molecule has 0 spiro atoms. The van der Waals surface area contributed by atoms with Gasteiger partial charge in [-0.05, 0) is 20.4 Å². The van der Waals surface area contributed by atoms with Crippen LogP contribution in [0.1, 0.15) is 18.4 Å². The zero-order valence-electron chi connectivity index (χ0n) is 8.60. The standard InChI is InChI=1S/C10H16N2OS/c1-8-5-10(13,7-12(8)2)6-9-11-3-4-14-9/h3-4,8,13H,5-7H2,1-2H3. The van der Waals surface area contributed by atoms with Crippen molar-refractivity contribution in [2.45, 2.75) is 31.4 Å². The summed E-state index contributed by atoms with van der Waals surface area (Å²) in [6, 6.07) is 0.472. The highest BCUT2D eigenvalue weighted by Gasteiger charge is 2.39. The SMILES string of the molecule is CC1CC(O)(Cc2nccs2)CN1C. The molecule has 2 atom stereocenters. The molecule has 1 aromatic heterocycles. The van der Waals surface area contributed by atoms with E-state index in [0.717, 1.165) is 18.0 Å². The number of β-amino-alcohol motifs (C(OH)–C–C–N with tert-alkyl or cyclic N) is 1. The van der Waals surface area contributed by atoms with E-state index in [1.165, 1.54) is 0 Å². The molecule has 1 saturated heterocycles. The third-order valence-electron chi connectivity index (χ3n) is 2.94. The molecule has 1 aliphatic heterocycles. The second kappa shape index (κ2) is 3.61. The summed E-state index contributed by atoms with van der Waals surface area (Å²) in [5, 5.41) is 13.3. The maximum Gasteiger partial charge on any atom is 0.0954 e. The molecule has 1 fully saturated rings. The summed E-state index contributed by atoms with van der Waals surface area (Å²) in [7, 11) is 2.06. The lowest BCUT2D eigenvalue weighted by molar-refractivity contribution is 0.0520. The van der Waals surface area contributed by atoms with Gasteiger partial charge in [0.25, 0.3) is 0 Å². The zero-order valence-corrected chi connectivity index (χ0v) is 9.42. The zero-order chi connectivity index (χ0) is 10.2. The van der Waals surface area contributed by atoms with Crippen LogP contribution in [0.4, 0.5) is 0 Å². The van der Waals surface area contributed by atoms with E-state index >= 15 is 0 Å². The molecule has 1 aromatic rings. The predicted molar refractivity (Wildman–Crippen MR) is 57.5 cm³/mol. The van der Waals surface area contributed by atoms with Crippen molar-refractivity contribution in [1.82, 2.24) is 9.88 Å². The number of rotatable bonds is 2. The Morgan fingerprint density at radius 1 is 1.79 bits per heavy atom. The largest absolute Gasteiger partial charge is 0.388 e. The van der Waals surface area contributed by atoms with E-state index in [1.807, 2.05) is 5.38 Å². The van der Waals surface area contributed by atoms with Gasteiger partial charge in [-0.1, -0.05) is 0 Å². The number of hydrogen-bond donors (Lipinski definition) is 1. The summed E-state index contributed by atoms with van der Waals surface area (Å²) in [5.41, 5.74) is -0.563. The monoisotopic (exact) mass is 212 g/mol. The molecular formula is C10H16N2OS. The van der Waals surface area contributed by atoms with Gasteiger partial charge in [0.15, 0.2) is 0 Å². The molecular weight excluding hydrogens is 196 g/mol. The lowest BCUT2D eigenvalue weighted by Gasteiger charge is -2.20. The first-order chi connectivity index (χ1) is 6.59. The van der Waals surface area contributed by atoms with Crippen LogP contribution in [-0.4, -0.2) is 40.2 Å². The van der Waals surface area contributed by atoms with Crippen LogP contribution in [0.15, 0.2) is 11.6 Å². The van der Waals surface area contributed by atoms with Crippen LogP contribution in [0.5, 0.6) is 0 Å². The molecule has 0 saturated carbocycles. The Labute approximate surface area is 88.4 Å². The first kappa shape index (κ1) is 10.1. The number of hydrogen-bond acceptors (Lipinski definition) is 4. The van der Waals surface area contributed by atoms with Crippen molar-refractivity contribution in [3.63, 3.8) is 0 Å². The number of nitrogens with zero attached hydrogens (tertiary/aromatic N) is 2. The van der Waals surface area contributed by atoms with Crippen LogP contribution in [0.3, 0.4) is 0 Å². The predicted octanol–water partition coefficient (Wildman–Crippen LogP) is 1.14. The van der Waals surface area contributed by atoms with E-state index in [1.54, 1.807) is 17.5 Å². The second-order valence-electron chi connectivity index (χ2n) is 4.30. The molecule has 1 N–H and O–H groups in total. The Morgan fingerprint density at radius 3 is 3.07 bits per heavy atom. The highest BCUT2D eigenvalue weighted by Crippen LogP contribution is 2.29. The maximum absolute atomic E-state index is 10.3. The number of aliphatic hydroxyl groups is 1. The van der Waals surface area contributed by atoms with Gasteiger partial charge in [0.1, 0.15) is 0 Å². The van der Waals surface area contributed by atoms with Crippen molar-refractivity contribution in [2.75, 3.05) is 13.6 Å². The van der Waals surface area contributed by atoms with E-state index < -0.39 is 5.60 Å². The minimum atomic E-state index is -0.563. The number of aromatic nitrogens is 1. The Bertz CT molecular complexity index is 289. The highest BCUT2D eigenvalue weighted by atomic mass is 32.1. The van der Waals surface area contributed by atoms with Gasteiger partial charge in [-0.2, -0.15) is 0 Å². The Hall–Kier alpha value is -0.450. The summed E-state index contributed by atoms with van der Waals surface area (Å²) in [6.07, 6.45) is 3.34. The van der Waals surface area contributed by atoms with E-state index in [-0.39, 0.29) is 0 Å². The van der Waals surface area contributed by atoms with Gasteiger partial charge >= 0.3 is 0 Å². The minimum Gasteiger partial charge on any atom is -0.388 e. The lowest BCUT2D eigenvalue weighted by atomic mass is 9.97. The second-order valence-corrected chi connectivity index (χ2v) is 5.27. The number of likely N-dealkylation sites (N-methyl/N-ethyl adjacent to an activating group) is 1. The van der Waals surface area contributed by atoms with E-state index in [4.69, 9.17) is 0 Å². The molecule has 14 heavy (non-hydrogen) atoms. The fourth-order valence-corrected chi connectivity index (χ4v) is 2.89. The average Bonchev–Trinajstić information content (AvgIpc) is 2.62. The van der Waals surface area contributed by atoms with Crippen molar-refractivity contribution in [3.8, 4) is 0 Å². The van der Waals surface area contributed by atoms with Crippen LogP contribution in [0.25, 0.3) is 0 Å². The Balaban J connectivity index is 2.04. The fraction of sp³-hybridized carbons (Fsp3) is 0.700. The molecule has 4 heteroatoms. The molecule has 1 aliphatic rings. The van der Waals surface area contributed by atoms with E-state index in [0.29, 0.717) is 12.5 Å². The molecule has 0 aliphatic carbocycles. The van der Waals surface area contributed by atoms with Crippen LogP contribution in [0, 0.1) is 0 Å². The average molecular weight is 212 g/mol. The molecule has 2 rings (SSSR count). The van der Waals surface area contributed by atoms with Gasteiger partial charge in [0, 0.05) is 30.6 Å². The molecule has 3 nitrogen and oxygen atoms in total. The minimum absolute atomic E-state index is 0.472. The summed E-state index contributed by atoms with van der Waals surface area (Å²) in [4.78, 5) is 6.42. The molecule has 0 aromatic carbocycles.